The summed E-state index contributed by atoms with van der Waals surface area (Å²) in [6, 6.07) is 16.3. The van der Waals surface area contributed by atoms with Crippen LogP contribution in [0, 0.1) is 5.82 Å². The number of rotatable bonds is 9. The minimum Gasteiger partial charge on any atom is -0.396 e. The van der Waals surface area contributed by atoms with Gasteiger partial charge in [0.15, 0.2) is 0 Å². The first-order valence-electron chi connectivity index (χ1n) is 8.53. The Balaban J connectivity index is 1.94. The second-order valence-electron chi connectivity index (χ2n) is 6.10. The molecular formula is C20H25FN2O2. The van der Waals surface area contributed by atoms with Crippen LogP contribution < -0.4 is 5.32 Å². The number of para-hydroxylation sites is 1. The smallest absolute Gasteiger partial charge is 0.225 e. The van der Waals surface area contributed by atoms with E-state index in [2.05, 4.69) is 10.2 Å². The molecule has 25 heavy (non-hydrogen) atoms. The van der Waals surface area contributed by atoms with E-state index in [1.807, 2.05) is 37.3 Å². The summed E-state index contributed by atoms with van der Waals surface area (Å²) < 4.78 is 13.6. The third-order valence-electron chi connectivity index (χ3n) is 4.17. The molecule has 0 aliphatic carbocycles. The molecule has 0 spiro atoms. The van der Waals surface area contributed by atoms with Gasteiger partial charge in [0.05, 0.1) is 5.69 Å². The van der Waals surface area contributed by atoms with E-state index in [1.165, 1.54) is 6.07 Å². The molecule has 5 heteroatoms. The lowest BCUT2D eigenvalue weighted by Crippen LogP contribution is -2.35. The van der Waals surface area contributed by atoms with Gasteiger partial charge in [-0.2, -0.15) is 0 Å². The van der Waals surface area contributed by atoms with Crippen LogP contribution in [0.2, 0.25) is 0 Å². The SMILES string of the molecule is CC(CCO)N(CCC(=O)Nc1ccccc1F)Cc1ccccc1. The van der Waals surface area contributed by atoms with Crippen molar-refractivity contribution in [2.45, 2.75) is 32.4 Å². The van der Waals surface area contributed by atoms with Crippen molar-refractivity contribution in [2.24, 2.45) is 0 Å². The zero-order chi connectivity index (χ0) is 18.1. The predicted octanol–water partition coefficient (Wildman–Crippen LogP) is 3.43. The summed E-state index contributed by atoms with van der Waals surface area (Å²) in [4.78, 5) is 14.3. The molecule has 0 saturated heterocycles. The van der Waals surface area contributed by atoms with Crippen LogP contribution in [0.4, 0.5) is 10.1 Å². The van der Waals surface area contributed by atoms with Crippen LogP contribution in [0.1, 0.15) is 25.3 Å². The number of benzene rings is 2. The molecule has 134 valence electrons. The first kappa shape index (κ1) is 19.1. The van der Waals surface area contributed by atoms with Crippen LogP contribution in [0.3, 0.4) is 0 Å². The maximum Gasteiger partial charge on any atom is 0.225 e. The number of carbonyl (C=O) groups is 1. The van der Waals surface area contributed by atoms with Crippen LogP contribution in [0.15, 0.2) is 54.6 Å². The number of anilines is 1. The van der Waals surface area contributed by atoms with E-state index in [-0.39, 0.29) is 30.7 Å². The lowest BCUT2D eigenvalue weighted by Gasteiger charge is -2.28. The van der Waals surface area contributed by atoms with Gasteiger partial charge in [-0.1, -0.05) is 42.5 Å². The second kappa shape index (κ2) is 9.91. The van der Waals surface area contributed by atoms with E-state index >= 15 is 0 Å². The minimum atomic E-state index is -0.439. The van der Waals surface area contributed by atoms with Crippen molar-refractivity contribution >= 4 is 11.6 Å². The molecular weight excluding hydrogens is 319 g/mol. The number of aliphatic hydroxyl groups excluding tert-OH is 1. The van der Waals surface area contributed by atoms with Crippen molar-refractivity contribution in [3.8, 4) is 0 Å². The Kier molecular flexibility index (Phi) is 7.57. The Bertz CT molecular complexity index is 664. The Morgan fingerprint density at radius 2 is 1.84 bits per heavy atom. The number of hydrogen-bond donors (Lipinski definition) is 2. The lowest BCUT2D eigenvalue weighted by atomic mass is 10.1. The number of aliphatic hydroxyl groups is 1. The molecule has 2 aromatic rings. The van der Waals surface area contributed by atoms with Crippen molar-refractivity contribution in [2.75, 3.05) is 18.5 Å². The summed E-state index contributed by atoms with van der Waals surface area (Å²) in [6.07, 6.45) is 0.901. The van der Waals surface area contributed by atoms with E-state index in [9.17, 15) is 14.3 Å². The van der Waals surface area contributed by atoms with Gasteiger partial charge in [0.25, 0.3) is 0 Å². The van der Waals surface area contributed by atoms with Gasteiger partial charge < -0.3 is 10.4 Å². The Morgan fingerprint density at radius 1 is 1.16 bits per heavy atom. The highest BCUT2D eigenvalue weighted by Gasteiger charge is 2.16. The number of nitrogens with one attached hydrogen (secondary N) is 1. The van der Waals surface area contributed by atoms with Gasteiger partial charge in [0.1, 0.15) is 5.82 Å². The summed E-state index contributed by atoms with van der Waals surface area (Å²) in [5.41, 5.74) is 1.35. The van der Waals surface area contributed by atoms with E-state index in [0.29, 0.717) is 19.5 Å². The van der Waals surface area contributed by atoms with Gasteiger partial charge in [0, 0.05) is 32.2 Å². The molecule has 2 aromatic carbocycles. The van der Waals surface area contributed by atoms with Crippen molar-refractivity contribution in [3.63, 3.8) is 0 Å². The van der Waals surface area contributed by atoms with Gasteiger partial charge >= 0.3 is 0 Å². The summed E-state index contributed by atoms with van der Waals surface area (Å²) in [7, 11) is 0. The van der Waals surface area contributed by atoms with Crippen LogP contribution in [-0.2, 0) is 11.3 Å². The highest BCUT2D eigenvalue weighted by molar-refractivity contribution is 5.90. The molecule has 0 bridgehead atoms. The fraction of sp³-hybridized carbons (Fsp3) is 0.350. The average molecular weight is 344 g/mol. The average Bonchev–Trinajstić information content (AvgIpc) is 2.61. The quantitative estimate of drug-likeness (QED) is 0.733. The van der Waals surface area contributed by atoms with Crippen LogP contribution in [0.5, 0.6) is 0 Å². The minimum absolute atomic E-state index is 0.105. The van der Waals surface area contributed by atoms with Gasteiger partial charge in [-0.15, -0.1) is 0 Å². The molecule has 4 nitrogen and oxygen atoms in total. The Labute approximate surface area is 148 Å². The predicted molar refractivity (Wildman–Crippen MR) is 97.7 cm³/mol. The van der Waals surface area contributed by atoms with Crippen molar-refractivity contribution in [3.05, 3.63) is 66.0 Å². The van der Waals surface area contributed by atoms with E-state index in [1.54, 1.807) is 18.2 Å². The Morgan fingerprint density at radius 3 is 2.52 bits per heavy atom. The van der Waals surface area contributed by atoms with Gasteiger partial charge in [-0.25, -0.2) is 4.39 Å². The number of amides is 1. The van der Waals surface area contributed by atoms with Crippen molar-refractivity contribution in [1.82, 2.24) is 4.90 Å². The number of carbonyl (C=O) groups excluding carboxylic acids is 1. The molecule has 0 saturated carbocycles. The topological polar surface area (TPSA) is 52.6 Å². The fourth-order valence-electron chi connectivity index (χ4n) is 2.66. The maximum absolute atomic E-state index is 13.6. The Hall–Kier alpha value is -2.24. The molecule has 1 unspecified atom stereocenters. The number of nitrogens with zero attached hydrogens (tertiary/aromatic N) is 1. The summed E-state index contributed by atoms with van der Waals surface area (Å²) >= 11 is 0. The van der Waals surface area contributed by atoms with Crippen LogP contribution in [0.25, 0.3) is 0 Å². The summed E-state index contributed by atoms with van der Waals surface area (Å²) in [5.74, 6) is -0.662. The normalized spacial score (nSPS) is 12.2. The molecule has 2 N–H and O–H groups in total. The number of halogens is 1. The van der Waals surface area contributed by atoms with E-state index in [4.69, 9.17) is 0 Å². The maximum atomic E-state index is 13.6. The van der Waals surface area contributed by atoms with Crippen molar-refractivity contribution < 1.29 is 14.3 Å². The fourth-order valence-corrected chi connectivity index (χ4v) is 2.66. The van der Waals surface area contributed by atoms with Gasteiger partial charge in [-0.3, -0.25) is 9.69 Å². The largest absolute Gasteiger partial charge is 0.396 e. The molecule has 1 atom stereocenters. The highest BCUT2D eigenvalue weighted by atomic mass is 19.1. The second-order valence-corrected chi connectivity index (χ2v) is 6.10. The monoisotopic (exact) mass is 344 g/mol. The lowest BCUT2D eigenvalue weighted by molar-refractivity contribution is -0.116. The summed E-state index contributed by atoms with van der Waals surface area (Å²) in [6.45, 7) is 3.38. The summed E-state index contributed by atoms with van der Waals surface area (Å²) in [5, 5.41) is 11.8. The van der Waals surface area contributed by atoms with Gasteiger partial charge in [-0.05, 0) is 31.0 Å². The standard InChI is InChI=1S/C20H25FN2O2/c1-16(12-14-24)23(15-17-7-3-2-4-8-17)13-11-20(25)22-19-10-6-5-9-18(19)21/h2-10,16,24H,11-15H2,1H3,(H,22,25). The molecule has 0 aliphatic heterocycles. The van der Waals surface area contributed by atoms with Crippen LogP contribution in [-0.4, -0.2) is 35.1 Å². The number of hydrogen-bond acceptors (Lipinski definition) is 3. The van der Waals surface area contributed by atoms with E-state index < -0.39 is 5.82 Å². The van der Waals surface area contributed by atoms with Crippen molar-refractivity contribution in [1.29, 1.82) is 0 Å². The molecule has 0 fully saturated rings. The first-order valence-corrected chi connectivity index (χ1v) is 8.53. The third kappa shape index (κ3) is 6.29. The third-order valence-corrected chi connectivity index (χ3v) is 4.17. The zero-order valence-corrected chi connectivity index (χ0v) is 14.5. The van der Waals surface area contributed by atoms with Gasteiger partial charge in [0.2, 0.25) is 5.91 Å². The molecule has 0 aliphatic rings. The molecule has 2 rings (SSSR count). The molecule has 0 aromatic heterocycles. The van der Waals surface area contributed by atoms with E-state index in [0.717, 1.165) is 5.56 Å². The van der Waals surface area contributed by atoms with Crippen LogP contribution >= 0.6 is 0 Å². The first-order chi connectivity index (χ1) is 12.1. The molecule has 1 amide bonds. The highest BCUT2D eigenvalue weighted by Crippen LogP contribution is 2.14. The molecule has 0 radical (unpaired) electrons. The molecule has 0 heterocycles. The zero-order valence-electron chi connectivity index (χ0n) is 14.5.